The monoisotopic (exact) mass is 287 g/mol. The van der Waals surface area contributed by atoms with Crippen molar-refractivity contribution in [3.63, 3.8) is 0 Å². The lowest BCUT2D eigenvalue weighted by molar-refractivity contribution is 0.111. The molecule has 3 rings (SSSR count). The number of aromatic nitrogens is 3. The molecule has 0 N–H and O–H groups in total. The molecular formula is C15H17N3O3. The van der Waals surface area contributed by atoms with E-state index in [4.69, 9.17) is 9.47 Å². The van der Waals surface area contributed by atoms with Crippen molar-refractivity contribution < 1.29 is 14.3 Å². The molecule has 0 saturated heterocycles. The van der Waals surface area contributed by atoms with Crippen LogP contribution in [0.25, 0.3) is 11.3 Å². The number of nitrogens with zero attached hydrogens (tertiary/aromatic N) is 3. The Kier molecular flexibility index (Phi) is 3.60. The van der Waals surface area contributed by atoms with Crippen LogP contribution in [-0.2, 0) is 6.54 Å². The summed E-state index contributed by atoms with van der Waals surface area (Å²) in [5, 5.41) is 8.05. The predicted octanol–water partition coefficient (Wildman–Crippen LogP) is 2.53. The van der Waals surface area contributed by atoms with E-state index in [2.05, 4.69) is 24.2 Å². The highest BCUT2D eigenvalue weighted by atomic mass is 16.7. The van der Waals surface area contributed by atoms with E-state index >= 15 is 0 Å². The quantitative estimate of drug-likeness (QED) is 0.791. The Bertz CT molecular complexity index is 664. The zero-order valence-corrected chi connectivity index (χ0v) is 12.1. The molecule has 0 spiro atoms. The smallest absolute Gasteiger partial charge is 0.231 e. The first-order valence-electron chi connectivity index (χ1n) is 6.97. The molecule has 0 bridgehead atoms. The van der Waals surface area contributed by atoms with E-state index in [9.17, 15) is 4.79 Å². The first-order chi connectivity index (χ1) is 10.2. The first-order valence-corrected chi connectivity index (χ1v) is 6.97. The van der Waals surface area contributed by atoms with Crippen LogP contribution in [0, 0.1) is 5.92 Å². The molecule has 6 heteroatoms. The second kappa shape index (κ2) is 5.55. The van der Waals surface area contributed by atoms with Crippen molar-refractivity contribution in [2.45, 2.75) is 26.8 Å². The number of hydrogen-bond donors (Lipinski definition) is 0. The fourth-order valence-corrected chi connectivity index (χ4v) is 2.28. The molecule has 1 aliphatic heterocycles. The van der Waals surface area contributed by atoms with Crippen molar-refractivity contribution in [1.82, 2.24) is 15.0 Å². The fraction of sp³-hybridized carbons (Fsp3) is 0.400. The molecule has 0 atom stereocenters. The average Bonchev–Trinajstić information content (AvgIpc) is 3.10. The molecule has 0 aliphatic carbocycles. The highest BCUT2D eigenvalue weighted by Gasteiger charge is 2.19. The van der Waals surface area contributed by atoms with Crippen LogP contribution in [0.4, 0.5) is 0 Å². The summed E-state index contributed by atoms with van der Waals surface area (Å²) in [6.07, 6.45) is 1.71. The molecule has 21 heavy (non-hydrogen) atoms. The molecule has 0 amide bonds. The van der Waals surface area contributed by atoms with E-state index in [1.54, 1.807) is 4.68 Å². The van der Waals surface area contributed by atoms with Gasteiger partial charge in [-0.25, -0.2) is 4.68 Å². The van der Waals surface area contributed by atoms with Crippen molar-refractivity contribution in [2.24, 2.45) is 5.92 Å². The van der Waals surface area contributed by atoms with Gasteiger partial charge in [-0.05, 0) is 30.5 Å². The number of carbonyl (C=O) groups excluding carboxylic acids is 1. The molecule has 0 unspecified atom stereocenters. The molecule has 2 aromatic rings. The minimum atomic E-state index is 0.226. The lowest BCUT2D eigenvalue weighted by Crippen LogP contribution is -2.05. The standard InChI is InChI=1S/C15H17N3O3/c1-10(2)5-6-18-15(12(8-19)16-17-18)11-3-4-13-14(7-11)21-9-20-13/h3-4,7-8,10H,5-6,9H2,1-2H3. The van der Waals surface area contributed by atoms with Crippen LogP contribution in [0.2, 0.25) is 0 Å². The van der Waals surface area contributed by atoms with Crippen LogP contribution in [0.3, 0.4) is 0 Å². The number of rotatable bonds is 5. The minimum Gasteiger partial charge on any atom is -0.454 e. The van der Waals surface area contributed by atoms with Crippen LogP contribution < -0.4 is 9.47 Å². The van der Waals surface area contributed by atoms with Gasteiger partial charge in [0.2, 0.25) is 6.79 Å². The van der Waals surface area contributed by atoms with Gasteiger partial charge in [0.15, 0.2) is 23.5 Å². The number of fused-ring (bicyclic) bond motifs is 1. The van der Waals surface area contributed by atoms with Crippen molar-refractivity contribution in [3.8, 4) is 22.8 Å². The molecule has 1 aromatic heterocycles. The van der Waals surface area contributed by atoms with Gasteiger partial charge in [0.05, 0.1) is 5.69 Å². The van der Waals surface area contributed by atoms with Crippen molar-refractivity contribution in [3.05, 3.63) is 23.9 Å². The van der Waals surface area contributed by atoms with Gasteiger partial charge in [-0.3, -0.25) is 4.79 Å². The van der Waals surface area contributed by atoms with E-state index < -0.39 is 0 Å². The molecular weight excluding hydrogens is 270 g/mol. The molecule has 1 aromatic carbocycles. The lowest BCUT2D eigenvalue weighted by atomic mass is 10.1. The largest absolute Gasteiger partial charge is 0.454 e. The SMILES string of the molecule is CC(C)CCn1nnc(C=O)c1-c1ccc2c(c1)OCO2. The third-order valence-electron chi connectivity index (χ3n) is 3.44. The highest BCUT2D eigenvalue weighted by molar-refractivity contribution is 5.83. The van der Waals surface area contributed by atoms with Gasteiger partial charge in [0.1, 0.15) is 0 Å². The highest BCUT2D eigenvalue weighted by Crippen LogP contribution is 2.36. The summed E-state index contributed by atoms with van der Waals surface area (Å²) in [5.41, 5.74) is 1.93. The van der Waals surface area contributed by atoms with Crippen LogP contribution in [0.15, 0.2) is 18.2 Å². The summed E-state index contributed by atoms with van der Waals surface area (Å²) in [6.45, 7) is 5.25. The van der Waals surface area contributed by atoms with Crippen LogP contribution in [0.1, 0.15) is 30.8 Å². The Labute approximate surface area is 122 Å². The van der Waals surface area contributed by atoms with E-state index in [1.807, 2.05) is 18.2 Å². The van der Waals surface area contributed by atoms with Crippen molar-refractivity contribution in [2.75, 3.05) is 6.79 Å². The normalized spacial score (nSPS) is 12.9. The van der Waals surface area contributed by atoms with Crippen molar-refractivity contribution >= 4 is 6.29 Å². The summed E-state index contributed by atoms with van der Waals surface area (Å²) in [6, 6.07) is 5.59. The third-order valence-corrected chi connectivity index (χ3v) is 3.44. The van der Waals surface area contributed by atoms with Gasteiger partial charge in [-0.2, -0.15) is 0 Å². The Morgan fingerprint density at radius 2 is 2.14 bits per heavy atom. The van der Waals surface area contributed by atoms with E-state index in [1.165, 1.54) is 0 Å². The summed E-state index contributed by atoms with van der Waals surface area (Å²) < 4.78 is 12.5. The van der Waals surface area contributed by atoms with Crippen LogP contribution in [0.5, 0.6) is 11.5 Å². The van der Waals surface area contributed by atoms with Gasteiger partial charge in [-0.15, -0.1) is 5.10 Å². The number of carbonyl (C=O) groups is 1. The van der Waals surface area contributed by atoms with Gasteiger partial charge in [0.25, 0.3) is 0 Å². The number of aryl methyl sites for hydroxylation is 1. The molecule has 0 fully saturated rings. The molecule has 0 radical (unpaired) electrons. The Morgan fingerprint density at radius 1 is 1.33 bits per heavy atom. The van der Waals surface area contributed by atoms with Crippen molar-refractivity contribution in [1.29, 1.82) is 0 Å². The second-order valence-electron chi connectivity index (χ2n) is 5.41. The summed E-state index contributed by atoms with van der Waals surface area (Å²) in [5.74, 6) is 1.95. The van der Waals surface area contributed by atoms with E-state index in [0.717, 1.165) is 30.5 Å². The minimum absolute atomic E-state index is 0.226. The second-order valence-corrected chi connectivity index (χ2v) is 5.41. The summed E-state index contributed by atoms with van der Waals surface area (Å²) in [7, 11) is 0. The fourth-order valence-electron chi connectivity index (χ4n) is 2.28. The Hall–Kier alpha value is -2.37. The zero-order valence-electron chi connectivity index (χ0n) is 12.1. The summed E-state index contributed by atoms with van der Waals surface area (Å²) >= 11 is 0. The molecule has 110 valence electrons. The van der Waals surface area contributed by atoms with Gasteiger partial charge >= 0.3 is 0 Å². The number of aldehydes is 1. The maximum Gasteiger partial charge on any atom is 0.231 e. The average molecular weight is 287 g/mol. The Morgan fingerprint density at radius 3 is 2.90 bits per heavy atom. The van der Waals surface area contributed by atoms with Gasteiger partial charge in [-0.1, -0.05) is 19.1 Å². The van der Waals surface area contributed by atoms with E-state index in [0.29, 0.717) is 23.1 Å². The molecule has 0 saturated carbocycles. The number of hydrogen-bond acceptors (Lipinski definition) is 5. The topological polar surface area (TPSA) is 66.2 Å². The predicted molar refractivity (Wildman–Crippen MR) is 76.4 cm³/mol. The molecule has 2 heterocycles. The maximum atomic E-state index is 11.2. The summed E-state index contributed by atoms with van der Waals surface area (Å²) in [4.78, 5) is 11.2. The van der Waals surface area contributed by atoms with E-state index in [-0.39, 0.29) is 6.79 Å². The van der Waals surface area contributed by atoms with Gasteiger partial charge in [0, 0.05) is 12.1 Å². The zero-order chi connectivity index (χ0) is 14.8. The number of benzene rings is 1. The first kappa shape index (κ1) is 13.6. The van der Waals surface area contributed by atoms with Crippen LogP contribution in [-0.4, -0.2) is 28.1 Å². The maximum absolute atomic E-state index is 11.2. The number of ether oxygens (including phenoxy) is 2. The third kappa shape index (κ3) is 2.61. The molecule has 6 nitrogen and oxygen atoms in total. The molecule has 1 aliphatic rings. The lowest BCUT2D eigenvalue weighted by Gasteiger charge is -2.09. The Balaban J connectivity index is 1.99. The van der Waals surface area contributed by atoms with Crippen LogP contribution >= 0.6 is 0 Å². The van der Waals surface area contributed by atoms with Gasteiger partial charge < -0.3 is 9.47 Å².